The third-order valence-electron chi connectivity index (χ3n) is 9.60. The van der Waals surface area contributed by atoms with Gasteiger partial charge in [-0.1, -0.05) is 182 Å². The van der Waals surface area contributed by atoms with Crippen LogP contribution in [0.4, 0.5) is 0 Å². The molecule has 0 saturated carbocycles. The second kappa shape index (κ2) is 10.9. The highest BCUT2D eigenvalue weighted by molar-refractivity contribution is 7.99. The van der Waals surface area contributed by atoms with Crippen LogP contribution in [-0.4, -0.2) is 0 Å². The number of hydrogen-bond acceptors (Lipinski definition) is 1. The molecule has 0 saturated heterocycles. The van der Waals surface area contributed by atoms with E-state index < -0.39 is 5.41 Å². The zero-order chi connectivity index (χ0) is 30.5. The summed E-state index contributed by atoms with van der Waals surface area (Å²) in [5.41, 5.74) is 9.62. The van der Waals surface area contributed by atoms with Crippen LogP contribution in [0.1, 0.15) is 22.3 Å². The highest BCUT2D eigenvalue weighted by atomic mass is 32.2. The van der Waals surface area contributed by atoms with Gasteiger partial charge in [0.05, 0.1) is 5.41 Å². The van der Waals surface area contributed by atoms with Gasteiger partial charge in [0.1, 0.15) is 0 Å². The molecular weight excluding hydrogens is 573 g/mol. The van der Waals surface area contributed by atoms with Crippen LogP contribution in [0.3, 0.4) is 0 Å². The lowest BCUT2D eigenvalue weighted by Crippen LogP contribution is -2.34. The zero-order valence-corrected chi connectivity index (χ0v) is 26.0. The van der Waals surface area contributed by atoms with Gasteiger partial charge in [0.15, 0.2) is 0 Å². The molecule has 0 atom stereocenters. The van der Waals surface area contributed by atoms with Gasteiger partial charge in [-0.15, -0.1) is 0 Å². The van der Waals surface area contributed by atoms with Crippen LogP contribution in [0.25, 0.3) is 43.8 Å². The molecule has 0 fully saturated rings. The monoisotopic (exact) mass is 602 g/mol. The topological polar surface area (TPSA) is 0 Å². The van der Waals surface area contributed by atoms with Gasteiger partial charge in [0.2, 0.25) is 0 Å². The highest BCUT2D eigenvalue weighted by Gasteiger charge is 2.46. The summed E-state index contributed by atoms with van der Waals surface area (Å²) in [7, 11) is 0. The van der Waals surface area contributed by atoms with Crippen LogP contribution < -0.4 is 0 Å². The quantitative estimate of drug-likeness (QED) is 0.193. The molecular formula is C45H30S. The van der Waals surface area contributed by atoms with Crippen molar-refractivity contribution in [3.05, 3.63) is 204 Å². The van der Waals surface area contributed by atoms with E-state index in [-0.39, 0.29) is 0 Å². The first-order valence-electron chi connectivity index (χ1n) is 15.8. The third kappa shape index (κ3) is 4.16. The highest BCUT2D eigenvalue weighted by Crippen LogP contribution is 2.59. The maximum Gasteiger partial charge on any atom is 0.0735 e. The van der Waals surface area contributed by atoms with E-state index in [0.29, 0.717) is 0 Å². The van der Waals surface area contributed by atoms with Crippen LogP contribution in [0.5, 0.6) is 0 Å². The van der Waals surface area contributed by atoms with E-state index in [1.165, 1.54) is 75.8 Å². The molecule has 8 aromatic carbocycles. The summed E-state index contributed by atoms with van der Waals surface area (Å²) >= 11 is 1.90. The Hall–Kier alpha value is -5.37. The predicted octanol–water partition coefficient (Wildman–Crippen LogP) is 12.2. The van der Waals surface area contributed by atoms with Gasteiger partial charge >= 0.3 is 0 Å². The van der Waals surface area contributed by atoms with E-state index in [4.69, 9.17) is 0 Å². The summed E-state index contributed by atoms with van der Waals surface area (Å²) in [5, 5.41) is 5.11. The molecule has 46 heavy (non-hydrogen) atoms. The maximum atomic E-state index is 2.38. The standard InChI is InChI=1S/C45H30S/c1-3-11-31(12-4-1)33-19-25-37(26-20-33)45(38-27-21-34(22-28-38)32-13-5-2-6-14-32)43-39-17-9-7-15-35(39)23-29-41(43)46-42-30-24-36-16-8-10-18-40(36)44(42)45/h1-30H. The summed E-state index contributed by atoms with van der Waals surface area (Å²) in [4.78, 5) is 2.61. The average Bonchev–Trinajstić information content (AvgIpc) is 3.14. The van der Waals surface area contributed by atoms with Gasteiger partial charge < -0.3 is 0 Å². The van der Waals surface area contributed by atoms with Gasteiger partial charge in [-0.25, -0.2) is 0 Å². The summed E-state index contributed by atoms with van der Waals surface area (Å²) in [6.45, 7) is 0. The first kappa shape index (κ1) is 27.0. The Bertz CT molecular complexity index is 2180. The van der Waals surface area contributed by atoms with Crippen LogP contribution in [0, 0.1) is 0 Å². The molecule has 0 aliphatic carbocycles. The molecule has 1 aliphatic rings. The average molecular weight is 603 g/mol. The van der Waals surface area contributed by atoms with Crippen LogP contribution in [0.15, 0.2) is 192 Å². The maximum absolute atomic E-state index is 2.38. The first-order chi connectivity index (χ1) is 22.8. The largest absolute Gasteiger partial charge is 0.0894 e. The van der Waals surface area contributed by atoms with Crippen molar-refractivity contribution in [2.45, 2.75) is 15.2 Å². The molecule has 0 radical (unpaired) electrons. The SMILES string of the molecule is c1ccc(-c2ccc(C3(c4ccc(-c5ccccc5)cc4)c4c(ccc5ccccc45)Sc4ccc5ccccc5c43)cc2)cc1. The van der Waals surface area contributed by atoms with Crippen LogP contribution >= 0.6 is 11.8 Å². The molecule has 8 aromatic rings. The van der Waals surface area contributed by atoms with Crippen molar-refractivity contribution in [1.82, 2.24) is 0 Å². The molecule has 216 valence electrons. The zero-order valence-electron chi connectivity index (χ0n) is 25.2. The molecule has 1 aliphatic heterocycles. The minimum Gasteiger partial charge on any atom is -0.0894 e. The predicted molar refractivity (Wildman–Crippen MR) is 195 cm³/mol. The van der Waals surface area contributed by atoms with E-state index in [9.17, 15) is 0 Å². The molecule has 0 N–H and O–H groups in total. The number of benzene rings is 8. The molecule has 0 aromatic heterocycles. The lowest BCUT2D eigenvalue weighted by atomic mass is 9.62. The van der Waals surface area contributed by atoms with Crippen molar-refractivity contribution in [3.8, 4) is 22.3 Å². The summed E-state index contributed by atoms with van der Waals surface area (Å²) in [6.07, 6.45) is 0. The molecule has 0 amide bonds. The Morgan fingerprint density at radius 1 is 0.304 bits per heavy atom. The van der Waals surface area contributed by atoms with Crippen molar-refractivity contribution >= 4 is 33.3 Å². The minimum atomic E-state index is -0.553. The number of fused-ring (bicyclic) bond motifs is 6. The Balaban J connectivity index is 1.42. The van der Waals surface area contributed by atoms with Gasteiger partial charge in [-0.2, -0.15) is 0 Å². The van der Waals surface area contributed by atoms with Crippen molar-refractivity contribution < 1.29 is 0 Å². The fourth-order valence-corrected chi connectivity index (χ4v) is 8.76. The second-order valence-electron chi connectivity index (χ2n) is 12.1. The molecule has 0 unspecified atom stereocenters. The number of rotatable bonds is 4. The molecule has 1 heterocycles. The first-order valence-corrected chi connectivity index (χ1v) is 16.7. The van der Waals surface area contributed by atoms with Gasteiger partial charge in [0.25, 0.3) is 0 Å². The van der Waals surface area contributed by atoms with Crippen molar-refractivity contribution in [2.75, 3.05) is 0 Å². The van der Waals surface area contributed by atoms with Gasteiger partial charge in [-0.3, -0.25) is 0 Å². The van der Waals surface area contributed by atoms with Gasteiger partial charge in [-0.05, 0) is 78.2 Å². The lowest BCUT2D eigenvalue weighted by molar-refractivity contribution is 0.718. The fraction of sp³-hybridized carbons (Fsp3) is 0.0222. The van der Waals surface area contributed by atoms with Crippen molar-refractivity contribution in [1.29, 1.82) is 0 Å². The van der Waals surface area contributed by atoms with Crippen molar-refractivity contribution in [2.24, 2.45) is 0 Å². The summed E-state index contributed by atoms with van der Waals surface area (Å²) < 4.78 is 0. The minimum absolute atomic E-state index is 0.553. The Labute approximate surface area is 274 Å². The Morgan fingerprint density at radius 3 is 1.11 bits per heavy atom. The van der Waals surface area contributed by atoms with Crippen LogP contribution in [-0.2, 0) is 5.41 Å². The molecule has 0 spiro atoms. The lowest BCUT2D eigenvalue weighted by Gasteiger charge is -2.43. The smallest absolute Gasteiger partial charge is 0.0735 e. The van der Waals surface area contributed by atoms with E-state index in [1.54, 1.807) is 0 Å². The summed E-state index contributed by atoms with van der Waals surface area (Å²) in [5.74, 6) is 0. The fourth-order valence-electron chi connectivity index (χ4n) is 7.52. The third-order valence-corrected chi connectivity index (χ3v) is 10.7. The van der Waals surface area contributed by atoms with Gasteiger partial charge in [0, 0.05) is 9.79 Å². The second-order valence-corrected chi connectivity index (χ2v) is 13.1. The number of hydrogen-bond donors (Lipinski definition) is 0. The van der Waals surface area contributed by atoms with Crippen LogP contribution in [0.2, 0.25) is 0 Å². The molecule has 0 bridgehead atoms. The van der Waals surface area contributed by atoms with E-state index in [2.05, 4.69) is 182 Å². The van der Waals surface area contributed by atoms with E-state index in [1.807, 2.05) is 11.8 Å². The Morgan fingerprint density at radius 2 is 0.674 bits per heavy atom. The van der Waals surface area contributed by atoms with E-state index in [0.717, 1.165) is 0 Å². The molecule has 0 nitrogen and oxygen atoms in total. The normalized spacial score (nSPS) is 13.3. The Kier molecular flexibility index (Phi) is 6.40. The van der Waals surface area contributed by atoms with E-state index >= 15 is 0 Å². The molecule has 9 rings (SSSR count). The summed E-state index contributed by atoms with van der Waals surface area (Å²) in [6, 6.07) is 67.2. The molecule has 1 heteroatoms. The van der Waals surface area contributed by atoms with Crippen molar-refractivity contribution in [3.63, 3.8) is 0 Å².